The summed E-state index contributed by atoms with van der Waals surface area (Å²) in [4.78, 5) is 11.5. The molecule has 0 bridgehead atoms. The molecule has 0 atom stereocenters. The minimum Gasteiger partial charge on any atom is -0.424 e. The van der Waals surface area contributed by atoms with Gasteiger partial charge in [-0.05, 0) is 31.7 Å². The number of aryl methyl sites for hydroxylation is 1. The lowest BCUT2D eigenvalue weighted by Crippen LogP contribution is -2.17. The molecule has 0 radical (unpaired) electrons. The van der Waals surface area contributed by atoms with E-state index in [2.05, 4.69) is 10.6 Å². The summed E-state index contributed by atoms with van der Waals surface area (Å²) in [6.45, 7) is 2.59. The smallest absolute Gasteiger partial charge is 0.312 e. The number of benzene rings is 1. The van der Waals surface area contributed by atoms with Gasteiger partial charge in [0.15, 0.2) is 5.75 Å². The molecule has 16 heavy (non-hydrogen) atoms. The maximum atomic E-state index is 11.5. The van der Waals surface area contributed by atoms with E-state index in [1.54, 1.807) is 14.1 Å². The highest BCUT2D eigenvalue weighted by atomic mass is 16.5. The fraction of sp³-hybridized carbons (Fsp3) is 0.417. The van der Waals surface area contributed by atoms with Gasteiger partial charge in [0.05, 0.1) is 12.1 Å². The van der Waals surface area contributed by atoms with E-state index in [1.807, 2.05) is 25.1 Å². The lowest BCUT2D eigenvalue weighted by Gasteiger charge is -2.10. The molecule has 88 valence electrons. The van der Waals surface area contributed by atoms with Crippen LogP contribution in [0.25, 0.3) is 0 Å². The van der Waals surface area contributed by atoms with Crippen LogP contribution in [0.4, 0.5) is 5.69 Å². The van der Waals surface area contributed by atoms with Crippen molar-refractivity contribution in [3.05, 3.63) is 23.8 Å². The van der Waals surface area contributed by atoms with E-state index in [-0.39, 0.29) is 5.97 Å². The van der Waals surface area contributed by atoms with Crippen LogP contribution in [-0.4, -0.2) is 26.6 Å². The Morgan fingerprint density at radius 3 is 2.75 bits per heavy atom. The standard InChI is InChI=1S/C12H18N2O2/c1-9-4-5-10(14-3)11(8-9)16-12(15)6-7-13-2/h4-5,8,13-14H,6-7H2,1-3H3. The Bertz CT molecular complexity index is 364. The van der Waals surface area contributed by atoms with Gasteiger partial charge in [0.25, 0.3) is 0 Å². The van der Waals surface area contributed by atoms with E-state index >= 15 is 0 Å². The molecule has 0 spiro atoms. The van der Waals surface area contributed by atoms with Gasteiger partial charge in [0.1, 0.15) is 0 Å². The zero-order valence-corrected chi connectivity index (χ0v) is 9.96. The SMILES string of the molecule is CNCCC(=O)Oc1cc(C)ccc1NC. The molecule has 0 saturated carbocycles. The van der Waals surface area contributed by atoms with Gasteiger partial charge in [-0.15, -0.1) is 0 Å². The second-order valence-electron chi connectivity index (χ2n) is 3.58. The van der Waals surface area contributed by atoms with Gasteiger partial charge in [-0.1, -0.05) is 6.07 Å². The summed E-state index contributed by atoms with van der Waals surface area (Å²) in [7, 11) is 3.61. The number of anilines is 1. The number of carbonyl (C=O) groups is 1. The first-order valence-electron chi connectivity index (χ1n) is 5.31. The largest absolute Gasteiger partial charge is 0.424 e. The average Bonchev–Trinajstić information content (AvgIpc) is 2.27. The van der Waals surface area contributed by atoms with Crippen LogP contribution in [0.3, 0.4) is 0 Å². The molecule has 0 aliphatic rings. The van der Waals surface area contributed by atoms with E-state index in [0.29, 0.717) is 18.7 Å². The number of rotatable bonds is 5. The van der Waals surface area contributed by atoms with Crippen LogP contribution in [0.2, 0.25) is 0 Å². The van der Waals surface area contributed by atoms with Crippen LogP contribution >= 0.6 is 0 Å². The molecule has 0 unspecified atom stereocenters. The maximum absolute atomic E-state index is 11.5. The molecule has 0 saturated heterocycles. The Morgan fingerprint density at radius 2 is 2.12 bits per heavy atom. The zero-order valence-electron chi connectivity index (χ0n) is 9.96. The first-order chi connectivity index (χ1) is 7.67. The first kappa shape index (κ1) is 12.5. The van der Waals surface area contributed by atoms with Crippen molar-refractivity contribution in [1.82, 2.24) is 5.32 Å². The molecule has 1 aromatic rings. The third-order valence-corrected chi connectivity index (χ3v) is 2.21. The quantitative estimate of drug-likeness (QED) is 0.586. The van der Waals surface area contributed by atoms with Crippen molar-refractivity contribution in [3.63, 3.8) is 0 Å². The molecule has 2 N–H and O–H groups in total. The van der Waals surface area contributed by atoms with E-state index < -0.39 is 0 Å². The highest BCUT2D eigenvalue weighted by molar-refractivity contribution is 5.75. The fourth-order valence-corrected chi connectivity index (χ4v) is 1.32. The summed E-state index contributed by atoms with van der Waals surface area (Å²) in [5, 5.41) is 5.90. The number of hydrogen-bond donors (Lipinski definition) is 2. The van der Waals surface area contributed by atoms with Crippen molar-refractivity contribution in [2.24, 2.45) is 0 Å². The van der Waals surface area contributed by atoms with Gasteiger partial charge in [0.2, 0.25) is 0 Å². The monoisotopic (exact) mass is 222 g/mol. The molecular formula is C12H18N2O2. The van der Waals surface area contributed by atoms with E-state index in [0.717, 1.165) is 11.3 Å². The number of carbonyl (C=O) groups excluding carboxylic acids is 1. The molecule has 4 heteroatoms. The summed E-state index contributed by atoms with van der Waals surface area (Å²) >= 11 is 0. The van der Waals surface area contributed by atoms with Crippen LogP contribution in [0, 0.1) is 6.92 Å². The van der Waals surface area contributed by atoms with Crippen molar-refractivity contribution in [2.75, 3.05) is 26.0 Å². The van der Waals surface area contributed by atoms with Crippen LogP contribution in [-0.2, 0) is 4.79 Å². The van der Waals surface area contributed by atoms with Crippen LogP contribution < -0.4 is 15.4 Å². The molecule has 0 heterocycles. The zero-order chi connectivity index (χ0) is 12.0. The molecule has 1 rings (SSSR count). The van der Waals surface area contributed by atoms with Gasteiger partial charge in [-0.25, -0.2) is 0 Å². The molecule has 0 amide bonds. The van der Waals surface area contributed by atoms with Gasteiger partial charge >= 0.3 is 5.97 Å². The fourth-order valence-electron chi connectivity index (χ4n) is 1.32. The number of ether oxygens (including phenoxy) is 1. The van der Waals surface area contributed by atoms with Gasteiger partial charge < -0.3 is 15.4 Å². The van der Waals surface area contributed by atoms with Crippen molar-refractivity contribution >= 4 is 11.7 Å². The maximum Gasteiger partial charge on any atom is 0.312 e. The van der Waals surface area contributed by atoms with Crippen molar-refractivity contribution in [1.29, 1.82) is 0 Å². The Morgan fingerprint density at radius 1 is 1.38 bits per heavy atom. The summed E-state index contributed by atoms with van der Waals surface area (Å²) < 4.78 is 5.28. The van der Waals surface area contributed by atoms with Gasteiger partial charge in [0, 0.05) is 13.6 Å². The second kappa shape index (κ2) is 6.12. The average molecular weight is 222 g/mol. The highest BCUT2D eigenvalue weighted by Gasteiger charge is 2.08. The Balaban J connectivity index is 2.71. The Labute approximate surface area is 96.0 Å². The van der Waals surface area contributed by atoms with Crippen LogP contribution in [0.5, 0.6) is 5.75 Å². The molecule has 0 aliphatic heterocycles. The summed E-state index contributed by atoms with van der Waals surface area (Å²) in [5.41, 5.74) is 1.89. The summed E-state index contributed by atoms with van der Waals surface area (Å²) in [5.74, 6) is 0.361. The third-order valence-electron chi connectivity index (χ3n) is 2.21. The topological polar surface area (TPSA) is 50.4 Å². The lowest BCUT2D eigenvalue weighted by molar-refractivity contribution is -0.134. The molecule has 0 aliphatic carbocycles. The first-order valence-corrected chi connectivity index (χ1v) is 5.31. The molecular weight excluding hydrogens is 204 g/mol. The predicted octanol–water partition coefficient (Wildman–Crippen LogP) is 1.55. The molecule has 1 aromatic carbocycles. The lowest BCUT2D eigenvalue weighted by atomic mass is 10.2. The van der Waals surface area contributed by atoms with Crippen molar-refractivity contribution in [2.45, 2.75) is 13.3 Å². The minimum absolute atomic E-state index is 0.226. The van der Waals surface area contributed by atoms with Crippen LogP contribution in [0.15, 0.2) is 18.2 Å². The van der Waals surface area contributed by atoms with Gasteiger partial charge in [-0.3, -0.25) is 4.79 Å². The predicted molar refractivity (Wildman–Crippen MR) is 64.9 cm³/mol. The van der Waals surface area contributed by atoms with Crippen LogP contribution in [0.1, 0.15) is 12.0 Å². The molecule has 0 fully saturated rings. The van der Waals surface area contributed by atoms with Gasteiger partial charge in [-0.2, -0.15) is 0 Å². The number of nitrogens with one attached hydrogen (secondary N) is 2. The van der Waals surface area contributed by atoms with Crippen molar-refractivity contribution in [3.8, 4) is 5.75 Å². The number of hydrogen-bond acceptors (Lipinski definition) is 4. The summed E-state index contributed by atoms with van der Waals surface area (Å²) in [6.07, 6.45) is 0.369. The number of esters is 1. The second-order valence-corrected chi connectivity index (χ2v) is 3.58. The normalized spacial score (nSPS) is 9.94. The van der Waals surface area contributed by atoms with E-state index in [4.69, 9.17) is 4.74 Å². The van der Waals surface area contributed by atoms with E-state index in [1.165, 1.54) is 0 Å². The Hall–Kier alpha value is -1.55. The molecule has 4 nitrogen and oxygen atoms in total. The Kier molecular flexibility index (Phi) is 4.79. The highest BCUT2D eigenvalue weighted by Crippen LogP contribution is 2.25. The molecule has 0 aromatic heterocycles. The van der Waals surface area contributed by atoms with E-state index in [9.17, 15) is 4.79 Å². The van der Waals surface area contributed by atoms with Crippen molar-refractivity contribution < 1.29 is 9.53 Å². The summed E-state index contributed by atoms with van der Waals surface area (Å²) in [6, 6.07) is 5.72. The third kappa shape index (κ3) is 3.55. The minimum atomic E-state index is -0.226.